The minimum Gasteiger partial charge on any atom is -0.506 e. The Labute approximate surface area is 106 Å². The highest BCUT2D eigenvalue weighted by molar-refractivity contribution is 7.80. The van der Waals surface area contributed by atoms with Gasteiger partial charge in [-0.1, -0.05) is 24.9 Å². The van der Waals surface area contributed by atoms with Crippen LogP contribution in [0.1, 0.15) is 19.8 Å². The Hall–Kier alpha value is -1.00. The summed E-state index contributed by atoms with van der Waals surface area (Å²) in [5, 5.41) is 16.2. The molecule has 0 unspecified atom stereocenters. The van der Waals surface area contributed by atoms with Crippen LogP contribution >= 0.6 is 23.8 Å². The summed E-state index contributed by atoms with van der Waals surface area (Å²) in [4.78, 5) is 0. The van der Waals surface area contributed by atoms with Gasteiger partial charge < -0.3 is 15.7 Å². The molecule has 0 aromatic heterocycles. The average molecular weight is 259 g/mol. The topological polar surface area (TPSA) is 44.3 Å². The third-order valence-electron chi connectivity index (χ3n) is 2.02. The molecule has 0 aliphatic rings. The van der Waals surface area contributed by atoms with Gasteiger partial charge in [0.2, 0.25) is 0 Å². The van der Waals surface area contributed by atoms with Crippen LogP contribution in [0.25, 0.3) is 0 Å². The second-order valence-electron chi connectivity index (χ2n) is 3.40. The van der Waals surface area contributed by atoms with Crippen molar-refractivity contribution in [2.75, 3.05) is 11.9 Å². The Balaban J connectivity index is 2.46. The van der Waals surface area contributed by atoms with Gasteiger partial charge >= 0.3 is 0 Å². The molecule has 0 aliphatic carbocycles. The number of halogens is 1. The van der Waals surface area contributed by atoms with Crippen molar-refractivity contribution in [2.45, 2.75) is 19.8 Å². The Morgan fingerprint density at radius 3 is 2.88 bits per heavy atom. The average Bonchev–Trinajstić information content (AvgIpc) is 2.24. The zero-order valence-electron chi connectivity index (χ0n) is 9.09. The van der Waals surface area contributed by atoms with E-state index in [0.717, 1.165) is 25.1 Å². The molecule has 0 atom stereocenters. The Morgan fingerprint density at radius 1 is 1.50 bits per heavy atom. The third-order valence-corrected chi connectivity index (χ3v) is 2.57. The molecule has 88 valence electrons. The number of benzene rings is 1. The smallest absolute Gasteiger partial charge is 0.170 e. The fourth-order valence-electron chi connectivity index (χ4n) is 1.14. The maximum Gasteiger partial charge on any atom is 0.170 e. The first-order valence-electron chi connectivity index (χ1n) is 5.17. The zero-order valence-corrected chi connectivity index (χ0v) is 10.7. The van der Waals surface area contributed by atoms with Gasteiger partial charge in [0.05, 0.1) is 5.02 Å². The van der Waals surface area contributed by atoms with Crippen molar-refractivity contribution >= 4 is 34.6 Å². The number of thiocarbonyl (C=S) groups is 1. The van der Waals surface area contributed by atoms with Crippen molar-refractivity contribution in [3.8, 4) is 5.75 Å². The SMILES string of the molecule is CCCCNC(=S)Nc1ccc(O)c(Cl)c1. The van der Waals surface area contributed by atoms with Gasteiger partial charge in [0.25, 0.3) is 0 Å². The van der Waals surface area contributed by atoms with Gasteiger partial charge in [-0.3, -0.25) is 0 Å². The van der Waals surface area contributed by atoms with E-state index in [4.69, 9.17) is 23.8 Å². The zero-order chi connectivity index (χ0) is 12.0. The van der Waals surface area contributed by atoms with Gasteiger partial charge in [-0.05, 0) is 36.8 Å². The molecule has 0 saturated carbocycles. The maximum absolute atomic E-state index is 9.24. The predicted octanol–water partition coefficient (Wildman–Crippen LogP) is 3.13. The van der Waals surface area contributed by atoms with Crippen LogP contribution in [0.3, 0.4) is 0 Å². The van der Waals surface area contributed by atoms with Crippen LogP contribution < -0.4 is 10.6 Å². The van der Waals surface area contributed by atoms with Crippen LogP contribution in [0.5, 0.6) is 5.75 Å². The molecular formula is C11H15ClN2OS. The quantitative estimate of drug-likeness (QED) is 0.441. The van der Waals surface area contributed by atoms with E-state index < -0.39 is 0 Å². The number of aromatic hydroxyl groups is 1. The fourth-order valence-corrected chi connectivity index (χ4v) is 1.54. The lowest BCUT2D eigenvalue weighted by Crippen LogP contribution is -2.29. The van der Waals surface area contributed by atoms with E-state index in [1.54, 1.807) is 12.1 Å². The summed E-state index contributed by atoms with van der Waals surface area (Å²) in [5.41, 5.74) is 0.761. The van der Waals surface area contributed by atoms with Crippen LogP contribution in [0.2, 0.25) is 5.02 Å². The molecule has 0 fully saturated rings. The van der Waals surface area contributed by atoms with E-state index >= 15 is 0 Å². The van der Waals surface area contributed by atoms with E-state index in [-0.39, 0.29) is 5.75 Å². The van der Waals surface area contributed by atoms with Crippen LogP contribution in [0.15, 0.2) is 18.2 Å². The lowest BCUT2D eigenvalue weighted by molar-refractivity contribution is 0.475. The summed E-state index contributed by atoms with van der Waals surface area (Å²) in [5.74, 6) is 0.0667. The van der Waals surface area contributed by atoms with Crippen molar-refractivity contribution in [1.29, 1.82) is 0 Å². The Morgan fingerprint density at radius 2 is 2.25 bits per heavy atom. The standard InChI is InChI=1S/C11H15ClN2OS/c1-2-3-6-13-11(16)14-8-4-5-10(15)9(12)7-8/h4-5,7,15H,2-3,6H2,1H3,(H2,13,14,16). The molecule has 0 heterocycles. The lowest BCUT2D eigenvalue weighted by Gasteiger charge is -2.10. The number of nitrogens with one attached hydrogen (secondary N) is 2. The number of hydrogen-bond donors (Lipinski definition) is 3. The highest BCUT2D eigenvalue weighted by atomic mass is 35.5. The molecule has 0 bridgehead atoms. The molecule has 3 nitrogen and oxygen atoms in total. The van der Waals surface area contributed by atoms with Gasteiger partial charge in [-0.25, -0.2) is 0 Å². The summed E-state index contributed by atoms with van der Waals surface area (Å²) in [6.45, 7) is 2.98. The lowest BCUT2D eigenvalue weighted by atomic mass is 10.3. The predicted molar refractivity (Wildman–Crippen MR) is 72.2 cm³/mol. The van der Waals surface area contributed by atoms with Crippen LogP contribution in [-0.4, -0.2) is 16.8 Å². The first kappa shape index (κ1) is 13.1. The molecule has 3 N–H and O–H groups in total. The number of unbranched alkanes of at least 4 members (excludes halogenated alkanes) is 1. The van der Waals surface area contributed by atoms with Crippen molar-refractivity contribution in [3.63, 3.8) is 0 Å². The third kappa shape index (κ3) is 4.24. The first-order valence-corrected chi connectivity index (χ1v) is 5.95. The minimum atomic E-state index is 0.0667. The molecule has 5 heteroatoms. The number of anilines is 1. The first-order chi connectivity index (χ1) is 7.63. The van der Waals surface area contributed by atoms with Crippen LogP contribution in [0.4, 0.5) is 5.69 Å². The van der Waals surface area contributed by atoms with E-state index in [1.807, 2.05) is 0 Å². The van der Waals surface area contributed by atoms with Gasteiger partial charge in [0, 0.05) is 12.2 Å². The summed E-state index contributed by atoms with van der Waals surface area (Å²) < 4.78 is 0. The number of phenolic OH excluding ortho intramolecular Hbond substituents is 1. The molecule has 0 amide bonds. The number of hydrogen-bond acceptors (Lipinski definition) is 2. The number of rotatable bonds is 4. The van der Waals surface area contributed by atoms with Gasteiger partial charge in [-0.2, -0.15) is 0 Å². The van der Waals surface area contributed by atoms with Crippen molar-refractivity contribution in [2.24, 2.45) is 0 Å². The second kappa shape index (κ2) is 6.55. The maximum atomic E-state index is 9.24. The van der Waals surface area contributed by atoms with E-state index in [9.17, 15) is 5.11 Å². The Kier molecular flexibility index (Phi) is 5.35. The second-order valence-corrected chi connectivity index (χ2v) is 4.22. The molecule has 1 rings (SSSR count). The monoisotopic (exact) mass is 258 g/mol. The summed E-state index contributed by atoms with van der Waals surface area (Å²) in [6.07, 6.45) is 2.21. The highest BCUT2D eigenvalue weighted by Gasteiger charge is 2.01. The molecule has 1 aromatic rings. The van der Waals surface area contributed by atoms with Crippen molar-refractivity contribution in [3.05, 3.63) is 23.2 Å². The molecule has 0 aliphatic heterocycles. The summed E-state index contributed by atoms with van der Waals surface area (Å²) in [6, 6.07) is 4.87. The molecule has 0 radical (unpaired) electrons. The molecule has 16 heavy (non-hydrogen) atoms. The highest BCUT2D eigenvalue weighted by Crippen LogP contribution is 2.25. The van der Waals surface area contributed by atoms with Gasteiger partial charge in [-0.15, -0.1) is 0 Å². The minimum absolute atomic E-state index is 0.0667. The van der Waals surface area contributed by atoms with E-state index in [1.165, 1.54) is 6.07 Å². The van der Waals surface area contributed by atoms with Gasteiger partial charge in [0.15, 0.2) is 5.11 Å². The van der Waals surface area contributed by atoms with E-state index in [2.05, 4.69) is 17.6 Å². The van der Waals surface area contributed by atoms with Gasteiger partial charge in [0.1, 0.15) is 5.75 Å². The Bertz CT molecular complexity index is 371. The summed E-state index contributed by atoms with van der Waals surface area (Å²) in [7, 11) is 0. The van der Waals surface area contributed by atoms with Crippen molar-refractivity contribution in [1.82, 2.24) is 5.32 Å². The largest absolute Gasteiger partial charge is 0.506 e. The van der Waals surface area contributed by atoms with Crippen LogP contribution in [0, 0.1) is 0 Å². The normalized spacial score (nSPS) is 9.88. The molecule has 0 saturated heterocycles. The van der Waals surface area contributed by atoms with Crippen molar-refractivity contribution < 1.29 is 5.11 Å². The summed E-state index contributed by atoms with van der Waals surface area (Å²) >= 11 is 10.9. The molecular weight excluding hydrogens is 244 g/mol. The number of phenols is 1. The fraction of sp³-hybridized carbons (Fsp3) is 0.364. The van der Waals surface area contributed by atoms with E-state index in [0.29, 0.717) is 10.1 Å². The van der Waals surface area contributed by atoms with Crippen LogP contribution in [-0.2, 0) is 0 Å². The molecule has 0 spiro atoms. The molecule has 1 aromatic carbocycles.